The maximum absolute atomic E-state index is 13.1. The number of alkyl halides is 3. The van der Waals surface area contributed by atoms with Crippen LogP contribution in [0.4, 0.5) is 30.2 Å². The summed E-state index contributed by atoms with van der Waals surface area (Å²) in [5.74, 6) is 0. The number of rotatable bonds is 3. The van der Waals surface area contributed by atoms with Crippen LogP contribution in [-0.2, 0) is 19.1 Å². The smallest absolute Gasteiger partial charge is 0.367 e. The van der Waals surface area contributed by atoms with Gasteiger partial charge < -0.3 is 4.90 Å². The maximum Gasteiger partial charge on any atom is 0.423 e. The second-order valence-corrected chi connectivity index (χ2v) is 5.84. The van der Waals surface area contributed by atoms with E-state index in [2.05, 4.69) is 0 Å². The van der Waals surface area contributed by atoms with Crippen LogP contribution in [0, 0.1) is 20.2 Å². The number of non-ortho nitro benzene ring substituents is 1. The van der Waals surface area contributed by atoms with E-state index in [9.17, 15) is 33.4 Å². The van der Waals surface area contributed by atoms with E-state index in [1.807, 2.05) is 0 Å². The highest BCUT2D eigenvalue weighted by atomic mass is 19.4. The minimum Gasteiger partial charge on any atom is -0.367 e. The Morgan fingerprint density at radius 3 is 2.31 bits per heavy atom. The lowest BCUT2D eigenvalue weighted by Crippen LogP contribution is -2.30. The van der Waals surface area contributed by atoms with Crippen LogP contribution >= 0.6 is 0 Å². The predicted octanol–water partition coefficient (Wildman–Crippen LogP) is 4.08. The quantitative estimate of drug-likeness (QED) is 0.602. The number of anilines is 1. The summed E-state index contributed by atoms with van der Waals surface area (Å²) in [4.78, 5) is 21.8. The highest BCUT2D eigenvalue weighted by Crippen LogP contribution is 2.39. The third-order valence-corrected chi connectivity index (χ3v) is 4.26. The monoisotopic (exact) mass is 367 g/mol. The van der Waals surface area contributed by atoms with Gasteiger partial charge in [-0.05, 0) is 29.7 Å². The normalized spacial score (nSPS) is 14.0. The number of hydrogen-bond acceptors (Lipinski definition) is 5. The summed E-state index contributed by atoms with van der Waals surface area (Å²) >= 11 is 0. The van der Waals surface area contributed by atoms with E-state index in [4.69, 9.17) is 0 Å². The molecule has 26 heavy (non-hydrogen) atoms. The molecule has 2 aromatic rings. The van der Waals surface area contributed by atoms with E-state index in [1.165, 1.54) is 18.2 Å². The van der Waals surface area contributed by atoms with Crippen molar-refractivity contribution in [3.8, 4) is 0 Å². The highest BCUT2D eigenvalue weighted by Gasteiger charge is 2.39. The lowest BCUT2D eigenvalue weighted by atomic mass is 9.98. The van der Waals surface area contributed by atoms with E-state index in [0.717, 1.165) is 17.7 Å². The molecule has 136 valence electrons. The molecule has 0 saturated heterocycles. The molecule has 0 radical (unpaired) electrons. The predicted molar refractivity (Wildman–Crippen MR) is 85.9 cm³/mol. The molecule has 0 saturated carbocycles. The Balaban J connectivity index is 1.97. The van der Waals surface area contributed by atoms with E-state index in [0.29, 0.717) is 18.5 Å². The van der Waals surface area contributed by atoms with Crippen LogP contribution in [0.15, 0.2) is 36.4 Å². The summed E-state index contributed by atoms with van der Waals surface area (Å²) < 4.78 is 39.4. The van der Waals surface area contributed by atoms with Gasteiger partial charge in [-0.3, -0.25) is 20.2 Å². The Hall–Kier alpha value is -3.17. The average molecular weight is 367 g/mol. The number of hydrogen-bond donors (Lipinski definition) is 0. The SMILES string of the molecule is O=[N+]([O-])c1ccc2c(c1)CN(c1ccc([N+](=O)[O-])c(C(F)(F)F)c1)CC2. The summed E-state index contributed by atoms with van der Waals surface area (Å²) in [5.41, 5.74) is -0.688. The largest absolute Gasteiger partial charge is 0.423 e. The molecule has 10 heteroatoms. The Labute approximate surface area is 145 Å². The highest BCUT2D eigenvalue weighted by molar-refractivity contribution is 5.58. The van der Waals surface area contributed by atoms with Crippen molar-refractivity contribution in [1.82, 2.24) is 0 Å². The van der Waals surface area contributed by atoms with Crippen molar-refractivity contribution in [2.24, 2.45) is 0 Å². The summed E-state index contributed by atoms with van der Waals surface area (Å²) in [5, 5.41) is 21.7. The maximum atomic E-state index is 13.1. The first kappa shape index (κ1) is 17.6. The van der Waals surface area contributed by atoms with Gasteiger partial charge in [0.15, 0.2) is 0 Å². The van der Waals surface area contributed by atoms with Crippen LogP contribution in [0.5, 0.6) is 0 Å². The summed E-state index contributed by atoms with van der Waals surface area (Å²) in [6.07, 6.45) is -4.35. The standard InChI is InChI=1S/C16H12F3N3O4/c17-16(18,19)14-8-12(3-4-15(14)22(25)26)20-6-5-10-1-2-13(21(23)24)7-11(10)9-20/h1-4,7-8H,5-6,9H2. The third-order valence-electron chi connectivity index (χ3n) is 4.26. The number of benzene rings is 2. The zero-order chi connectivity index (χ0) is 19.1. The number of halogens is 3. The Bertz CT molecular complexity index is 899. The first-order chi connectivity index (χ1) is 12.2. The van der Waals surface area contributed by atoms with Gasteiger partial charge in [0.1, 0.15) is 5.56 Å². The fourth-order valence-electron chi connectivity index (χ4n) is 2.98. The van der Waals surface area contributed by atoms with Crippen molar-refractivity contribution in [3.05, 3.63) is 73.3 Å². The number of nitro benzene ring substituents is 2. The molecule has 0 aromatic heterocycles. The summed E-state index contributed by atoms with van der Waals surface area (Å²) in [6.45, 7) is 0.589. The molecule has 0 atom stereocenters. The van der Waals surface area contributed by atoms with Gasteiger partial charge in [0.2, 0.25) is 0 Å². The van der Waals surface area contributed by atoms with Crippen LogP contribution < -0.4 is 4.90 Å². The van der Waals surface area contributed by atoms with Crippen molar-refractivity contribution < 1.29 is 23.0 Å². The molecule has 0 amide bonds. The van der Waals surface area contributed by atoms with Crippen molar-refractivity contribution >= 4 is 17.1 Å². The molecule has 7 nitrogen and oxygen atoms in total. The number of fused-ring (bicyclic) bond motifs is 1. The second kappa shape index (κ2) is 6.28. The van der Waals surface area contributed by atoms with Crippen molar-refractivity contribution in [1.29, 1.82) is 0 Å². The van der Waals surface area contributed by atoms with Gasteiger partial charge in [-0.25, -0.2) is 0 Å². The minimum absolute atomic E-state index is 0.0923. The van der Waals surface area contributed by atoms with Crippen molar-refractivity contribution in [2.75, 3.05) is 11.4 Å². The minimum atomic E-state index is -4.86. The van der Waals surface area contributed by atoms with Crippen molar-refractivity contribution in [2.45, 2.75) is 19.1 Å². The van der Waals surface area contributed by atoms with Gasteiger partial charge >= 0.3 is 6.18 Å². The molecular weight excluding hydrogens is 355 g/mol. The van der Waals surface area contributed by atoms with E-state index in [-0.39, 0.29) is 17.9 Å². The first-order valence-corrected chi connectivity index (χ1v) is 7.53. The molecule has 0 aliphatic carbocycles. The van der Waals surface area contributed by atoms with Crippen LogP contribution in [0.25, 0.3) is 0 Å². The molecule has 0 N–H and O–H groups in total. The fraction of sp³-hybridized carbons (Fsp3) is 0.250. The molecule has 1 heterocycles. The van der Waals surface area contributed by atoms with Gasteiger partial charge in [0, 0.05) is 37.0 Å². The van der Waals surface area contributed by atoms with Crippen molar-refractivity contribution in [3.63, 3.8) is 0 Å². The van der Waals surface area contributed by atoms with Gasteiger partial charge in [0.05, 0.1) is 9.85 Å². The van der Waals surface area contributed by atoms with E-state index >= 15 is 0 Å². The first-order valence-electron chi connectivity index (χ1n) is 7.53. The third kappa shape index (κ3) is 3.30. The van der Waals surface area contributed by atoms with Crippen LogP contribution in [-0.4, -0.2) is 16.4 Å². The molecule has 0 bridgehead atoms. The summed E-state index contributed by atoms with van der Waals surface area (Å²) in [6, 6.07) is 7.28. The Kier molecular flexibility index (Phi) is 4.26. The Morgan fingerprint density at radius 1 is 0.962 bits per heavy atom. The van der Waals surface area contributed by atoms with Gasteiger partial charge in [0.25, 0.3) is 11.4 Å². The molecule has 2 aromatic carbocycles. The van der Waals surface area contributed by atoms with Crippen LogP contribution in [0.2, 0.25) is 0 Å². The molecule has 3 rings (SSSR count). The topological polar surface area (TPSA) is 89.5 Å². The molecule has 1 aliphatic heterocycles. The molecule has 1 aliphatic rings. The number of nitrogens with zero attached hydrogens (tertiary/aromatic N) is 3. The lowest BCUT2D eigenvalue weighted by Gasteiger charge is -2.31. The molecule has 0 spiro atoms. The van der Waals surface area contributed by atoms with Gasteiger partial charge in [-0.1, -0.05) is 6.07 Å². The van der Waals surface area contributed by atoms with Gasteiger partial charge in [-0.2, -0.15) is 13.2 Å². The van der Waals surface area contributed by atoms with Crippen LogP contribution in [0.1, 0.15) is 16.7 Å². The average Bonchev–Trinajstić information content (AvgIpc) is 2.59. The molecule has 0 fully saturated rings. The Morgan fingerprint density at radius 2 is 1.69 bits per heavy atom. The number of nitro groups is 2. The van der Waals surface area contributed by atoms with E-state index in [1.54, 1.807) is 11.0 Å². The zero-order valence-corrected chi connectivity index (χ0v) is 13.2. The van der Waals surface area contributed by atoms with E-state index < -0.39 is 27.3 Å². The fourth-order valence-corrected chi connectivity index (χ4v) is 2.98. The molecule has 0 unspecified atom stereocenters. The summed E-state index contributed by atoms with van der Waals surface area (Å²) in [7, 11) is 0. The molecular formula is C16H12F3N3O4. The van der Waals surface area contributed by atoms with Gasteiger partial charge in [-0.15, -0.1) is 0 Å². The van der Waals surface area contributed by atoms with Crippen LogP contribution in [0.3, 0.4) is 0 Å². The second-order valence-electron chi connectivity index (χ2n) is 5.84. The zero-order valence-electron chi connectivity index (χ0n) is 13.2. The lowest BCUT2D eigenvalue weighted by molar-refractivity contribution is -0.388.